The second-order valence-electron chi connectivity index (χ2n) is 3.68. The summed E-state index contributed by atoms with van der Waals surface area (Å²) in [6, 6.07) is 4.82. The number of hydrogen-bond donors (Lipinski definition) is 1. The molecule has 0 aliphatic heterocycles. The van der Waals surface area contributed by atoms with Crippen LogP contribution in [0, 0.1) is 10.1 Å². The maximum atomic E-state index is 11.5. The van der Waals surface area contributed by atoms with Gasteiger partial charge in [-0.3, -0.25) is 14.9 Å². The summed E-state index contributed by atoms with van der Waals surface area (Å²) in [6.45, 7) is -0.0756. The van der Waals surface area contributed by atoms with Crippen LogP contribution in [0.2, 0.25) is 0 Å². The molecular weight excluding hydrogens is 256 g/mol. The number of nitro groups is 1. The molecule has 19 heavy (non-hydrogen) atoms. The number of furan rings is 1. The molecule has 0 aliphatic carbocycles. The van der Waals surface area contributed by atoms with Crippen LogP contribution in [0.5, 0.6) is 0 Å². The molecule has 2 aromatic heterocycles. The van der Waals surface area contributed by atoms with Crippen molar-refractivity contribution in [1.82, 2.24) is 4.57 Å². The molecule has 0 saturated heterocycles. The van der Waals surface area contributed by atoms with Gasteiger partial charge in [-0.15, -0.1) is 0 Å². The van der Waals surface area contributed by atoms with Gasteiger partial charge in [0.25, 0.3) is 11.2 Å². The standard InChI is InChI=1S/C11H8N2O6/c14-10-4-1-7(13(17)18)5-12(10)6-8-2-3-9(19-8)11(15)16/h1-5H,6H2,(H,15,16). The molecule has 1 N–H and O–H groups in total. The maximum absolute atomic E-state index is 11.5. The molecule has 2 aromatic rings. The molecule has 0 aromatic carbocycles. The minimum Gasteiger partial charge on any atom is -0.475 e. The Labute approximate surface area is 105 Å². The molecule has 2 rings (SSSR count). The van der Waals surface area contributed by atoms with E-state index in [2.05, 4.69) is 0 Å². The first-order valence-corrected chi connectivity index (χ1v) is 5.14. The molecular formula is C11H8N2O6. The molecule has 0 unspecified atom stereocenters. The van der Waals surface area contributed by atoms with E-state index < -0.39 is 16.5 Å². The highest BCUT2D eigenvalue weighted by Gasteiger charge is 2.12. The Bertz CT molecular complexity index is 699. The quantitative estimate of drug-likeness (QED) is 0.652. The van der Waals surface area contributed by atoms with Gasteiger partial charge in [0.05, 0.1) is 17.7 Å². The Balaban J connectivity index is 2.31. The Morgan fingerprint density at radius 3 is 2.68 bits per heavy atom. The van der Waals surface area contributed by atoms with Crippen molar-refractivity contribution in [3.05, 3.63) is 62.5 Å². The second-order valence-corrected chi connectivity index (χ2v) is 3.68. The van der Waals surface area contributed by atoms with Crippen LogP contribution in [0.25, 0.3) is 0 Å². The Kier molecular flexibility index (Phi) is 3.15. The summed E-state index contributed by atoms with van der Waals surface area (Å²) in [4.78, 5) is 32.1. The van der Waals surface area contributed by atoms with Crippen LogP contribution in [-0.4, -0.2) is 20.6 Å². The highest BCUT2D eigenvalue weighted by atomic mass is 16.6. The van der Waals surface area contributed by atoms with E-state index in [1.807, 2.05) is 0 Å². The number of carboxylic acid groups (broad SMARTS) is 1. The fourth-order valence-corrected chi connectivity index (χ4v) is 1.50. The summed E-state index contributed by atoms with van der Waals surface area (Å²) < 4.78 is 6.05. The van der Waals surface area contributed by atoms with Crippen LogP contribution < -0.4 is 5.56 Å². The molecule has 8 nitrogen and oxygen atoms in total. The molecule has 98 valence electrons. The Morgan fingerprint density at radius 1 is 1.37 bits per heavy atom. The average Bonchev–Trinajstić information content (AvgIpc) is 2.80. The SMILES string of the molecule is O=C(O)c1ccc(Cn2cc([N+](=O)[O-])ccc2=O)o1. The van der Waals surface area contributed by atoms with E-state index in [-0.39, 0.29) is 23.8 Å². The van der Waals surface area contributed by atoms with Crippen molar-refractivity contribution in [2.24, 2.45) is 0 Å². The highest BCUT2D eigenvalue weighted by molar-refractivity contribution is 5.84. The maximum Gasteiger partial charge on any atom is 0.371 e. The van der Waals surface area contributed by atoms with E-state index in [1.165, 1.54) is 12.1 Å². The molecule has 0 bridgehead atoms. The van der Waals surface area contributed by atoms with Crippen LogP contribution >= 0.6 is 0 Å². The summed E-state index contributed by atoms with van der Waals surface area (Å²) in [7, 11) is 0. The Morgan fingerprint density at radius 2 is 2.11 bits per heavy atom. The Hall–Kier alpha value is -2.90. The van der Waals surface area contributed by atoms with Crippen molar-refractivity contribution in [2.45, 2.75) is 6.54 Å². The monoisotopic (exact) mass is 264 g/mol. The summed E-state index contributed by atoms with van der Waals surface area (Å²) in [5.74, 6) is -1.26. The van der Waals surface area contributed by atoms with Gasteiger partial charge in [-0.25, -0.2) is 4.79 Å². The van der Waals surface area contributed by atoms with E-state index in [1.54, 1.807) is 0 Å². The fraction of sp³-hybridized carbons (Fsp3) is 0.0909. The molecule has 0 spiro atoms. The molecule has 0 aliphatic rings. The number of carbonyl (C=O) groups is 1. The van der Waals surface area contributed by atoms with Crippen molar-refractivity contribution < 1.29 is 19.2 Å². The zero-order valence-corrected chi connectivity index (χ0v) is 9.48. The van der Waals surface area contributed by atoms with Gasteiger partial charge in [-0.1, -0.05) is 0 Å². The fourth-order valence-electron chi connectivity index (χ4n) is 1.50. The zero-order valence-electron chi connectivity index (χ0n) is 9.48. The smallest absolute Gasteiger partial charge is 0.371 e. The van der Waals surface area contributed by atoms with E-state index in [4.69, 9.17) is 9.52 Å². The molecule has 0 saturated carbocycles. The van der Waals surface area contributed by atoms with E-state index >= 15 is 0 Å². The molecule has 0 atom stereocenters. The first kappa shape index (κ1) is 12.6. The number of nitrogens with zero attached hydrogens (tertiary/aromatic N) is 2. The molecule has 2 heterocycles. The van der Waals surface area contributed by atoms with Crippen LogP contribution in [0.3, 0.4) is 0 Å². The van der Waals surface area contributed by atoms with Crippen LogP contribution in [0.15, 0.2) is 39.7 Å². The van der Waals surface area contributed by atoms with Gasteiger partial charge in [-0.2, -0.15) is 0 Å². The third kappa shape index (κ3) is 2.68. The van der Waals surface area contributed by atoms with Crippen molar-refractivity contribution >= 4 is 11.7 Å². The number of pyridine rings is 1. The first-order valence-electron chi connectivity index (χ1n) is 5.14. The summed E-state index contributed by atoms with van der Waals surface area (Å²) in [5, 5.41) is 19.3. The summed E-state index contributed by atoms with van der Waals surface area (Å²) in [6.07, 6.45) is 1.07. The number of aromatic nitrogens is 1. The lowest BCUT2D eigenvalue weighted by atomic mass is 10.3. The third-order valence-corrected chi connectivity index (χ3v) is 2.38. The van der Waals surface area contributed by atoms with E-state index in [0.29, 0.717) is 0 Å². The van der Waals surface area contributed by atoms with E-state index in [9.17, 15) is 19.7 Å². The van der Waals surface area contributed by atoms with E-state index in [0.717, 1.165) is 22.9 Å². The molecule has 0 fully saturated rings. The predicted octanol–water partition coefficient (Wildman–Crippen LogP) is 1.10. The van der Waals surface area contributed by atoms with Gasteiger partial charge in [0, 0.05) is 12.1 Å². The predicted molar refractivity (Wildman–Crippen MR) is 62.1 cm³/mol. The van der Waals surface area contributed by atoms with Gasteiger partial charge in [0.1, 0.15) is 5.76 Å². The largest absolute Gasteiger partial charge is 0.475 e. The molecule has 8 heteroatoms. The number of aromatic carboxylic acids is 1. The summed E-state index contributed by atoms with van der Waals surface area (Å²) in [5.41, 5.74) is -0.677. The normalized spacial score (nSPS) is 10.3. The highest BCUT2D eigenvalue weighted by Crippen LogP contribution is 2.11. The van der Waals surface area contributed by atoms with Gasteiger partial charge in [0.15, 0.2) is 0 Å². The van der Waals surface area contributed by atoms with Gasteiger partial charge >= 0.3 is 5.97 Å². The zero-order chi connectivity index (χ0) is 14.0. The lowest BCUT2D eigenvalue weighted by Crippen LogP contribution is -2.19. The minimum atomic E-state index is -1.22. The third-order valence-electron chi connectivity index (χ3n) is 2.38. The lowest BCUT2D eigenvalue weighted by molar-refractivity contribution is -0.385. The minimum absolute atomic E-state index is 0.0756. The van der Waals surface area contributed by atoms with Crippen LogP contribution in [0.4, 0.5) is 5.69 Å². The number of rotatable bonds is 4. The first-order chi connectivity index (χ1) is 8.97. The number of carboxylic acids is 1. The molecule has 0 radical (unpaired) electrons. The van der Waals surface area contributed by atoms with Crippen LogP contribution in [-0.2, 0) is 6.54 Å². The van der Waals surface area contributed by atoms with Crippen molar-refractivity contribution in [1.29, 1.82) is 0 Å². The topological polar surface area (TPSA) is 116 Å². The average molecular weight is 264 g/mol. The van der Waals surface area contributed by atoms with Crippen molar-refractivity contribution in [3.63, 3.8) is 0 Å². The van der Waals surface area contributed by atoms with Crippen molar-refractivity contribution in [3.8, 4) is 0 Å². The molecule has 0 amide bonds. The lowest BCUT2D eigenvalue weighted by Gasteiger charge is -2.02. The summed E-state index contributed by atoms with van der Waals surface area (Å²) >= 11 is 0. The number of hydrogen-bond acceptors (Lipinski definition) is 5. The van der Waals surface area contributed by atoms with Crippen molar-refractivity contribution in [2.75, 3.05) is 0 Å². The van der Waals surface area contributed by atoms with Gasteiger partial charge in [-0.05, 0) is 12.1 Å². The van der Waals surface area contributed by atoms with Crippen LogP contribution in [0.1, 0.15) is 16.3 Å². The van der Waals surface area contributed by atoms with Gasteiger partial charge in [0.2, 0.25) is 5.76 Å². The van der Waals surface area contributed by atoms with Gasteiger partial charge < -0.3 is 14.1 Å². The second kappa shape index (κ2) is 4.77.